The highest BCUT2D eigenvalue weighted by Crippen LogP contribution is 2.29. The summed E-state index contributed by atoms with van der Waals surface area (Å²) in [7, 11) is 0. The summed E-state index contributed by atoms with van der Waals surface area (Å²) in [5.74, 6) is 0. The lowest BCUT2D eigenvalue weighted by atomic mass is 10.0. The maximum Gasteiger partial charge on any atom is 0.410 e. The second-order valence-corrected chi connectivity index (χ2v) is 6.48. The van der Waals surface area contributed by atoms with Crippen LogP contribution in [0.15, 0.2) is 0 Å². The molecule has 0 aromatic carbocycles. The van der Waals surface area contributed by atoms with Gasteiger partial charge in [-0.25, -0.2) is 4.79 Å². The molecule has 0 radical (unpaired) electrons. The van der Waals surface area contributed by atoms with E-state index in [1.807, 2.05) is 27.0 Å². The third-order valence-electron chi connectivity index (χ3n) is 2.51. The Morgan fingerprint density at radius 1 is 1.56 bits per heavy atom. The number of aliphatic hydroxyl groups is 1. The molecular weight excluding hydrogens is 274 g/mol. The van der Waals surface area contributed by atoms with Crippen LogP contribution in [0.25, 0.3) is 0 Å². The van der Waals surface area contributed by atoms with Gasteiger partial charge in [0.2, 0.25) is 0 Å². The van der Waals surface area contributed by atoms with Gasteiger partial charge >= 0.3 is 11.3 Å². The highest BCUT2D eigenvalue weighted by Gasteiger charge is 2.43. The van der Waals surface area contributed by atoms with E-state index in [0.29, 0.717) is 6.54 Å². The summed E-state index contributed by atoms with van der Waals surface area (Å²) in [5, 5.41) is 8.65. The van der Waals surface area contributed by atoms with Crippen LogP contribution in [0.5, 0.6) is 0 Å². The Balaban J connectivity index is 2.55. The van der Waals surface area contributed by atoms with Crippen molar-refractivity contribution in [1.82, 2.24) is 4.90 Å². The minimum Gasteiger partial charge on any atom is -0.472 e. The molecule has 0 spiro atoms. The van der Waals surface area contributed by atoms with Crippen LogP contribution in [0.2, 0.25) is 0 Å². The lowest BCUT2D eigenvalue weighted by Gasteiger charge is -2.46. The lowest BCUT2D eigenvalue weighted by Crippen LogP contribution is -2.63. The number of ether oxygens (including phenoxy) is 2. The Bertz CT molecular complexity index is 329. The minimum absolute atomic E-state index is 0.111. The predicted octanol–water partition coefficient (Wildman–Crippen LogP) is 2.20. The number of carbonyl (C=O) groups excluding carboxylic acids is 1. The second-order valence-electron chi connectivity index (χ2n) is 5.05. The van der Waals surface area contributed by atoms with Gasteiger partial charge in [0.25, 0.3) is 0 Å². The van der Waals surface area contributed by atoms with Crippen molar-refractivity contribution in [1.29, 1.82) is 0 Å². The summed E-state index contributed by atoms with van der Waals surface area (Å²) in [6, 6.07) is -0.111. The average Bonchev–Trinajstić information content (AvgIpc) is 2.13. The van der Waals surface area contributed by atoms with Crippen LogP contribution in [0, 0.1) is 0 Å². The number of thiocarbonyl (C=S) groups is 1. The van der Waals surface area contributed by atoms with Gasteiger partial charge in [0, 0.05) is 24.0 Å². The van der Waals surface area contributed by atoms with E-state index in [4.69, 9.17) is 14.6 Å². The summed E-state index contributed by atoms with van der Waals surface area (Å²) in [6.07, 6.45) is 1.62. The van der Waals surface area contributed by atoms with E-state index in [1.54, 1.807) is 16.7 Å². The summed E-state index contributed by atoms with van der Waals surface area (Å²) in [6.45, 7) is 6.30. The second kappa shape index (κ2) is 5.97. The molecule has 1 aliphatic heterocycles. The smallest absolute Gasteiger partial charge is 0.410 e. The van der Waals surface area contributed by atoms with Crippen LogP contribution >= 0.6 is 24.0 Å². The minimum atomic E-state index is -0.515. The van der Waals surface area contributed by atoms with E-state index >= 15 is 0 Å². The zero-order valence-corrected chi connectivity index (χ0v) is 12.6. The zero-order chi connectivity index (χ0) is 13.9. The molecule has 2 unspecified atom stereocenters. The molecule has 1 N–H and O–H groups in total. The van der Waals surface area contributed by atoms with Gasteiger partial charge in [-0.05, 0) is 27.0 Å². The summed E-state index contributed by atoms with van der Waals surface area (Å²) in [5.41, 5.74) is -0.515. The first-order chi connectivity index (χ1) is 8.24. The van der Waals surface area contributed by atoms with Gasteiger partial charge in [-0.1, -0.05) is 0 Å². The quantitative estimate of drug-likeness (QED) is 0.805. The Kier molecular flexibility index (Phi) is 5.10. The predicted molar refractivity (Wildman–Crippen MR) is 75.2 cm³/mol. The monoisotopic (exact) mass is 293 g/mol. The van der Waals surface area contributed by atoms with Gasteiger partial charge in [-0.3, -0.25) is 4.90 Å². The van der Waals surface area contributed by atoms with Gasteiger partial charge in [0.15, 0.2) is 0 Å². The highest BCUT2D eigenvalue weighted by atomic mass is 32.2. The van der Waals surface area contributed by atoms with E-state index in [0.717, 1.165) is 0 Å². The molecular formula is C11H19NO4S2. The fourth-order valence-electron chi connectivity index (χ4n) is 1.63. The molecule has 1 saturated heterocycles. The number of hydrogen-bond donors (Lipinski definition) is 1. The Morgan fingerprint density at radius 2 is 2.17 bits per heavy atom. The lowest BCUT2D eigenvalue weighted by molar-refractivity contribution is -0.0138. The van der Waals surface area contributed by atoms with Crippen LogP contribution in [0.4, 0.5) is 4.79 Å². The molecule has 1 heterocycles. The number of hydrogen-bond acceptors (Lipinski definition) is 5. The van der Waals surface area contributed by atoms with Crippen LogP contribution < -0.4 is 0 Å². The van der Waals surface area contributed by atoms with Crippen molar-refractivity contribution in [3.8, 4) is 0 Å². The molecule has 0 aromatic heterocycles. The number of aliphatic hydroxyl groups excluding tert-OH is 1. The molecule has 5 nitrogen and oxygen atoms in total. The van der Waals surface area contributed by atoms with Gasteiger partial charge in [0.1, 0.15) is 12.2 Å². The van der Waals surface area contributed by atoms with E-state index < -0.39 is 10.8 Å². The van der Waals surface area contributed by atoms with Crippen molar-refractivity contribution in [3.05, 3.63) is 0 Å². The fourth-order valence-corrected chi connectivity index (χ4v) is 2.55. The highest BCUT2D eigenvalue weighted by molar-refractivity contribution is 7.99. The van der Waals surface area contributed by atoms with Crippen LogP contribution in [-0.4, -0.2) is 57.6 Å². The van der Waals surface area contributed by atoms with Crippen molar-refractivity contribution < 1.29 is 19.4 Å². The topological polar surface area (TPSA) is 59.0 Å². The Morgan fingerprint density at radius 3 is 2.61 bits per heavy atom. The number of thioether (sulfide) groups is 1. The van der Waals surface area contributed by atoms with Crippen LogP contribution in [-0.2, 0) is 9.47 Å². The molecule has 0 saturated carbocycles. The largest absolute Gasteiger partial charge is 0.472 e. The van der Waals surface area contributed by atoms with Gasteiger partial charge < -0.3 is 14.6 Å². The van der Waals surface area contributed by atoms with E-state index in [2.05, 4.69) is 12.2 Å². The molecule has 0 aliphatic carbocycles. The molecule has 1 amide bonds. The van der Waals surface area contributed by atoms with Crippen LogP contribution in [0.3, 0.4) is 0 Å². The molecule has 7 heteroatoms. The molecule has 18 heavy (non-hydrogen) atoms. The van der Waals surface area contributed by atoms with Crippen molar-refractivity contribution in [2.75, 3.05) is 19.4 Å². The third kappa shape index (κ3) is 4.20. The first-order valence-electron chi connectivity index (χ1n) is 5.62. The van der Waals surface area contributed by atoms with Crippen LogP contribution in [0.1, 0.15) is 20.8 Å². The fraction of sp³-hybridized carbons (Fsp3) is 0.818. The van der Waals surface area contributed by atoms with Gasteiger partial charge in [-0.2, -0.15) is 11.8 Å². The molecule has 1 rings (SSSR count). The number of rotatable bonds is 3. The molecule has 1 aliphatic rings. The maximum atomic E-state index is 11.9. The molecule has 0 bridgehead atoms. The van der Waals surface area contributed by atoms with Crippen molar-refractivity contribution in [2.45, 2.75) is 37.7 Å². The van der Waals surface area contributed by atoms with Gasteiger partial charge in [-0.15, -0.1) is 0 Å². The Labute approximate surface area is 117 Å². The molecule has 104 valence electrons. The van der Waals surface area contributed by atoms with E-state index in [-0.39, 0.29) is 24.0 Å². The summed E-state index contributed by atoms with van der Waals surface area (Å²) in [4.78, 5) is 13.5. The van der Waals surface area contributed by atoms with Crippen molar-refractivity contribution >= 4 is 35.3 Å². The van der Waals surface area contributed by atoms with Crippen molar-refractivity contribution in [2.24, 2.45) is 0 Å². The summed E-state index contributed by atoms with van der Waals surface area (Å²) < 4.78 is 10.2. The number of nitrogens with zero attached hydrogens (tertiary/aromatic N) is 1. The zero-order valence-electron chi connectivity index (χ0n) is 11.0. The standard InChI is InChI=1S/C11H19NO4S2/c1-11(2,3)16-9(13)12-5-8(18-4)7(12)6-15-10(14)17/h7-8H,5-6H2,1-4H3,(H,14,17). The SMILES string of the molecule is CSC1CN(C(=O)OC(C)(C)C)C1COC(O)=S. The molecule has 0 aromatic rings. The van der Waals surface area contributed by atoms with Crippen molar-refractivity contribution in [3.63, 3.8) is 0 Å². The number of carbonyl (C=O) groups is 1. The molecule has 2 atom stereocenters. The van der Waals surface area contributed by atoms with E-state index in [9.17, 15) is 4.79 Å². The van der Waals surface area contributed by atoms with Gasteiger partial charge in [0.05, 0.1) is 6.04 Å². The average molecular weight is 293 g/mol. The Hall–Kier alpha value is -0.690. The first kappa shape index (κ1) is 15.4. The normalized spacial score (nSPS) is 23.2. The van der Waals surface area contributed by atoms with E-state index in [1.165, 1.54) is 0 Å². The number of likely N-dealkylation sites (tertiary alicyclic amines) is 1. The first-order valence-corrected chi connectivity index (χ1v) is 7.32. The third-order valence-corrected chi connectivity index (χ3v) is 3.70. The molecule has 1 fully saturated rings. The number of amides is 1. The summed E-state index contributed by atoms with van der Waals surface area (Å²) >= 11 is 6.10. The maximum absolute atomic E-state index is 11.9.